The number of rotatable bonds is 6. The molecule has 1 saturated heterocycles. The van der Waals surface area contributed by atoms with Crippen molar-refractivity contribution in [3.8, 4) is 0 Å². The van der Waals surface area contributed by atoms with Crippen molar-refractivity contribution in [3.63, 3.8) is 0 Å². The predicted octanol–water partition coefficient (Wildman–Crippen LogP) is 2.20. The first-order valence-corrected chi connectivity index (χ1v) is 6.91. The molecule has 3 nitrogen and oxygen atoms in total. The molecule has 1 aliphatic rings. The van der Waals surface area contributed by atoms with E-state index in [0.29, 0.717) is 6.04 Å². The molecule has 1 aromatic rings. The smallest absolute Gasteiger partial charge is 0.123 e. The molecule has 2 unspecified atom stereocenters. The summed E-state index contributed by atoms with van der Waals surface area (Å²) < 4.78 is 18.7. The molecule has 2 atom stereocenters. The second kappa shape index (κ2) is 6.98. The summed E-state index contributed by atoms with van der Waals surface area (Å²) in [4.78, 5) is 2.34. The summed E-state index contributed by atoms with van der Waals surface area (Å²) in [6.45, 7) is 2.69. The molecule has 1 heterocycles. The van der Waals surface area contributed by atoms with E-state index in [9.17, 15) is 4.39 Å². The van der Waals surface area contributed by atoms with Gasteiger partial charge >= 0.3 is 0 Å². The van der Waals surface area contributed by atoms with Gasteiger partial charge in [0.25, 0.3) is 0 Å². The zero-order valence-corrected chi connectivity index (χ0v) is 11.7. The topological polar surface area (TPSA) is 24.5 Å². The van der Waals surface area contributed by atoms with Gasteiger partial charge in [0.15, 0.2) is 0 Å². The molecule has 0 radical (unpaired) electrons. The second-order valence-corrected chi connectivity index (χ2v) is 5.18. The van der Waals surface area contributed by atoms with Crippen LogP contribution in [0.5, 0.6) is 0 Å². The van der Waals surface area contributed by atoms with E-state index in [-0.39, 0.29) is 11.9 Å². The standard InChI is InChI=1S/C15H23FN2O/c1-17-15(12-4-3-5-13(16)10-12)6-8-18(2)14-7-9-19-11-14/h3-5,10,14-15,17H,6-9,11H2,1-2H3. The van der Waals surface area contributed by atoms with E-state index in [0.717, 1.165) is 38.2 Å². The Morgan fingerprint density at radius 2 is 2.37 bits per heavy atom. The van der Waals surface area contributed by atoms with Crippen molar-refractivity contribution in [2.45, 2.75) is 24.9 Å². The third-order valence-electron chi connectivity index (χ3n) is 3.90. The minimum Gasteiger partial charge on any atom is -0.380 e. The third kappa shape index (κ3) is 4.00. The highest BCUT2D eigenvalue weighted by atomic mass is 19.1. The average Bonchev–Trinajstić information content (AvgIpc) is 2.93. The normalized spacial score (nSPS) is 20.9. The summed E-state index contributed by atoms with van der Waals surface area (Å²) in [6.07, 6.45) is 2.08. The molecule has 2 rings (SSSR count). The first-order chi connectivity index (χ1) is 9.20. The van der Waals surface area contributed by atoms with Crippen molar-refractivity contribution in [1.29, 1.82) is 0 Å². The van der Waals surface area contributed by atoms with Gasteiger partial charge < -0.3 is 15.0 Å². The SMILES string of the molecule is CNC(CCN(C)C1CCOC1)c1cccc(F)c1. The van der Waals surface area contributed by atoms with Crippen molar-refractivity contribution in [2.24, 2.45) is 0 Å². The minimum atomic E-state index is -0.171. The van der Waals surface area contributed by atoms with Crippen LogP contribution in [0.1, 0.15) is 24.4 Å². The number of hydrogen-bond donors (Lipinski definition) is 1. The molecule has 0 aromatic heterocycles. The number of nitrogens with zero attached hydrogens (tertiary/aromatic N) is 1. The molecular formula is C15H23FN2O. The molecule has 0 saturated carbocycles. The van der Waals surface area contributed by atoms with Crippen LogP contribution in [0, 0.1) is 5.82 Å². The van der Waals surface area contributed by atoms with Crippen LogP contribution in [0.25, 0.3) is 0 Å². The molecule has 0 bridgehead atoms. The van der Waals surface area contributed by atoms with Crippen molar-refractivity contribution < 1.29 is 9.13 Å². The van der Waals surface area contributed by atoms with Crippen LogP contribution in [0.3, 0.4) is 0 Å². The highest BCUT2D eigenvalue weighted by molar-refractivity contribution is 5.20. The van der Waals surface area contributed by atoms with Gasteiger partial charge in [-0.05, 0) is 44.6 Å². The molecule has 106 valence electrons. The first-order valence-electron chi connectivity index (χ1n) is 6.91. The number of halogens is 1. The summed E-state index contributed by atoms with van der Waals surface area (Å²) in [6, 6.07) is 7.57. The van der Waals surface area contributed by atoms with Gasteiger partial charge in [0.05, 0.1) is 6.61 Å². The molecule has 1 fully saturated rings. The van der Waals surface area contributed by atoms with Crippen molar-refractivity contribution in [1.82, 2.24) is 10.2 Å². The van der Waals surface area contributed by atoms with Gasteiger partial charge in [-0.3, -0.25) is 0 Å². The molecule has 0 spiro atoms. The lowest BCUT2D eigenvalue weighted by atomic mass is 10.0. The fraction of sp³-hybridized carbons (Fsp3) is 0.600. The van der Waals surface area contributed by atoms with Crippen molar-refractivity contribution >= 4 is 0 Å². The molecule has 19 heavy (non-hydrogen) atoms. The van der Waals surface area contributed by atoms with E-state index in [2.05, 4.69) is 17.3 Å². The average molecular weight is 266 g/mol. The van der Waals surface area contributed by atoms with Gasteiger partial charge in [0.1, 0.15) is 5.82 Å². The van der Waals surface area contributed by atoms with E-state index < -0.39 is 0 Å². The summed E-state index contributed by atoms with van der Waals surface area (Å²) in [5.41, 5.74) is 1.01. The van der Waals surface area contributed by atoms with Gasteiger partial charge in [0.2, 0.25) is 0 Å². The zero-order valence-electron chi connectivity index (χ0n) is 11.7. The highest BCUT2D eigenvalue weighted by Crippen LogP contribution is 2.19. The van der Waals surface area contributed by atoms with Gasteiger partial charge in [-0.25, -0.2) is 4.39 Å². The number of likely N-dealkylation sites (N-methyl/N-ethyl adjacent to an activating group) is 1. The van der Waals surface area contributed by atoms with Gasteiger partial charge in [0, 0.05) is 25.2 Å². The Morgan fingerprint density at radius 1 is 1.53 bits per heavy atom. The molecule has 0 amide bonds. The Hall–Kier alpha value is -0.970. The lowest BCUT2D eigenvalue weighted by Crippen LogP contribution is -2.34. The van der Waals surface area contributed by atoms with Crippen molar-refractivity contribution in [2.75, 3.05) is 33.9 Å². The van der Waals surface area contributed by atoms with Crippen LogP contribution in [-0.2, 0) is 4.74 Å². The highest BCUT2D eigenvalue weighted by Gasteiger charge is 2.21. The van der Waals surface area contributed by atoms with E-state index in [1.807, 2.05) is 13.1 Å². The van der Waals surface area contributed by atoms with Gasteiger partial charge in [-0.2, -0.15) is 0 Å². The number of hydrogen-bond acceptors (Lipinski definition) is 3. The molecular weight excluding hydrogens is 243 g/mol. The fourth-order valence-corrected chi connectivity index (χ4v) is 2.59. The van der Waals surface area contributed by atoms with Crippen molar-refractivity contribution in [3.05, 3.63) is 35.6 Å². The Kier molecular flexibility index (Phi) is 5.31. The Bertz CT molecular complexity index is 393. The van der Waals surface area contributed by atoms with Crippen LogP contribution < -0.4 is 5.32 Å². The Morgan fingerprint density at radius 3 is 3.00 bits per heavy atom. The molecule has 1 N–H and O–H groups in total. The van der Waals surface area contributed by atoms with Gasteiger partial charge in [-0.1, -0.05) is 12.1 Å². The Balaban J connectivity index is 1.88. The number of nitrogens with one attached hydrogen (secondary N) is 1. The van der Waals surface area contributed by atoms with Crippen LogP contribution >= 0.6 is 0 Å². The van der Waals surface area contributed by atoms with Crippen LogP contribution in [0.2, 0.25) is 0 Å². The molecule has 4 heteroatoms. The number of ether oxygens (including phenoxy) is 1. The van der Waals surface area contributed by atoms with Crippen LogP contribution in [0.15, 0.2) is 24.3 Å². The monoisotopic (exact) mass is 266 g/mol. The quantitative estimate of drug-likeness (QED) is 0.854. The lowest BCUT2D eigenvalue weighted by molar-refractivity contribution is 0.157. The van der Waals surface area contributed by atoms with E-state index in [1.165, 1.54) is 6.07 Å². The predicted molar refractivity (Wildman–Crippen MR) is 74.7 cm³/mol. The van der Waals surface area contributed by atoms with E-state index >= 15 is 0 Å². The molecule has 1 aromatic carbocycles. The molecule has 0 aliphatic carbocycles. The van der Waals surface area contributed by atoms with E-state index in [4.69, 9.17) is 4.74 Å². The largest absolute Gasteiger partial charge is 0.380 e. The summed E-state index contributed by atoms with van der Waals surface area (Å²) in [7, 11) is 4.06. The first kappa shape index (κ1) is 14.4. The summed E-state index contributed by atoms with van der Waals surface area (Å²) in [5, 5.41) is 3.27. The summed E-state index contributed by atoms with van der Waals surface area (Å²) in [5.74, 6) is -0.171. The molecule has 1 aliphatic heterocycles. The Labute approximate surface area is 114 Å². The maximum absolute atomic E-state index is 13.3. The van der Waals surface area contributed by atoms with E-state index in [1.54, 1.807) is 12.1 Å². The maximum Gasteiger partial charge on any atom is 0.123 e. The second-order valence-electron chi connectivity index (χ2n) is 5.18. The fourth-order valence-electron chi connectivity index (χ4n) is 2.59. The number of benzene rings is 1. The van der Waals surface area contributed by atoms with Crippen LogP contribution in [-0.4, -0.2) is 44.8 Å². The zero-order chi connectivity index (χ0) is 13.7. The summed E-state index contributed by atoms with van der Waals surface area (Å²) >= 11 is 0. The lowest BCUT2D eigenvalue weighted by Gasteiger charge is -2.25. The van der Waals surface area contributed by atoms with Gasteiger partial charge in [-0.15, -0.1) is 0 Å². The maximum atomic E-state index is 13.3. The van der Waals surface area contributed by atoms with Crippen LogP contribution in [0.4, 0.5) is 4.39 Å². The minimum absolute atomic E-state index is 0.171. The third-order valence-corrected chi connectivity index (χ3v) is 3.90.